The van der Waals surface area contributed by atoms with Crippen molar-refractivity contribution >= 4 is 51.5 Å². The van der Waals surface area contributed by atoms with Crippen LogP contribution in [0, 0.1) is 0 Å². The number of nitrogens with zero attached hydrogens (tertiary/aromatic N) is 3. The minimum atomic E-state index is -0.494. The van der Waals surface area contributed by atoms with Crippen molar-refractivity contribution in [1.82, 2.24) is 14.8 Å². The van der Waals surface area contributed by atoms with Crippen LogP contribution in [0.2, 0.25) is 5.02 Å². The highest BCUT2D eigenvalue weighted by molar-refractivity contribution is 7.99. The zero-order valence-corrected chi connectivity index (χ0v) is 20.5. The van der Waals surface area contributed by atoms with Gasteiger partial charge in [-0.1, -0.05) is 35.5 Å². The monoisotopic (exact) mass is 505 g/mol. The van der Waals surface area contributed by atoms with Crippen LogP contribution in [-0.2, 0) is 30.8 Å². The minimum Gasteiger partial charge on any atom is -0.484 e. The molecule has 0 unspecified atom stereocenters. The van der Waals surface area contributed by atoms with Gasteiger partial charge in [-0.05, 0) is 50.3 Å². The molecule has 2 amide bonds. The lowest BCUT2D eigenvalue weighted by molar-refractivity contribution is -0.113. The van der Waals surface area contributed by atoms with Crippen molar-refractivity contribution in [2.75, 3.05) is 11.1 Å². The third-order valence-corrected chi connectivity index (χ3v) is 7.79. The van der Waals surface area contributed by atoms with Gasteiger partial charge in [0.1, 0.15) is 17.4 Å². The SMILES string of the molecule is CCn1c(COc2ccccc2Cl)nnc1SCC(=O)Nc1sc2c(c1C(N)=O)CCCC2. The summed E-state index contributed by atoms with van der Waals surface area (Å²) in [4.78, 5) is 25.8. The lowest BCUT2D eigenvalue weighted by atomic mass is 9.95. The number of hydrogen-bond donors (Lipinski definition) is 2. The smallest absolute Gasteiger partial charge is 0.251 e. The van der Waals surface area contributed by atoms with E-state index in [2.05, 4.69) is 15.5 Å². The van der Waals surface area contributed by atoms with E-state index in [1.54, 1.807) is 12.1 Å². The van der Waals surface area contributed by atoms with Crippen LogP contribution in [0.1, 0.15) is 46.4 Å². The van der Waals surface area contributed by atoms with Crippen LogP contribution in [0.4, 0.5) is 5.00 Å². The maximum atomic E-state index is 12.7. The van der Waals surface area contributed by atoms with Gasteiger partial charge in [-0.3, -0.25) is 9.59 Å². The second kappa shape index (κ2) is 10.6. The second-order valence-electron chi connectivity index (χ2n) is 7.48. The quantitative estimate of drug-likeness (QED) is 0.419. The van der Waals surface area contributed by atoms with Crippen molar-refractivity contribution in [2.45, 2.75) is 50.9 Å². The van der Waals surface area contributed by atoms with Crippen LogP contribution in [0.25, 0.3) is 0 Å². The topological polar surface area (TPSA) is 112 Å². The number of halogens is 1. The molecule has 1 aliphatic rings. The second-order valence-corrected chi connectivity index (χ2v) is 9.93. The van der Waals surface area contributed by atoms with E-state index in [1.807, 2.05) is 23.6 Å². The van der Waals surface area contributed by atoms with Gasteiger partial charge in [0.15, 0.2) is 11.0 Å². The van der Waals surface area contributed by atoms with Crippen LogP contribution in [-0.4, -0.2) is 32.3 Å². The summed E-state index contributed by atoms with van der Waals surface area (Å²) in [5, 5.41) is 13.0. The summed E-state index contributed by atoms with van der Waals surface area (Å²) in [6.45, 7) is 2.81. The molecule has 2 heterocycles. The number of thiophene rings is 1. The number of fused-ring (bicyclic) bond motifs is 1. The van der Waals surface area contributed by atoms with E-state index in [0.717, 1.165) is 36.1 Å². The third kappa shape index (κ3) is 5.34. The Morgan fingerprint density at radius 3 is 2.82 bits per heavy atom. The average Bonchev–Trinajstić information content (AvgIpc) is 3.37. The van der Waals surface area contributed by atoms with Crippen LogP contribution >= 0.6 is 34.7 Å². The highest BCUT2D eigenvalue weighted by Crippen LogP contribution is 2.38. The van der Waals surface area contributed by atoms with Gasteiger partial charge in [-0.15, -0.1) is 21.5 Å². The van der Waals surface area contributed by atoms with E-state index >= 15 is 0 Å². The lowest BCUT2D eigenvalue weighted by Gasteiger charge is -2.11. The highest BCUT2D eigenvalue weighted by Gasteiger charge is 2.25. The molecule has 11 heteroatoms. The van der Waals surface area contributed by atoms with Crippen molar-refractivity contribution in [3.05, 3.63) is 51.1 Å². The number of carbonyl (C=O) groups is 2. The number of primary amides is 1. The minimum absolute atomic E-state index is 0.129. The van der Waals surface area contributed by atoms with E-state index in [0.29, 0.717) is 38.9 Å². The average molecular weight is 506 g/mol. The van der Waals surface area contributed by atoms with E-state index in [4.69, 9.17) is 22.1 Å². The number of anilines is 1. The Kier molecular flexibility index (Phi) is 7.56. The maximum absolute atomic E-state index is 12.7. The van der Waals surface area contributed by atoms with Gasteiger partial charge in [0.05, 0.1) is 16.3 Å². The van der Waals surface area contributed by atoms with E-state index < -0.39 is 5.91 Å². The van der Waals surface area contributed by atoms with Crippen LogP contribution < -0.4 is 15.8 Å². The van der Waals surface area contributed by atoms with Crippen LogP contribution in [0.15, 0.2) is 29.4 Å². The van der Waals surface area contributed by atoms with E-state index in [9.17, 15) is 9.59 Å². The predicted molar refractivity (Wildman–Crippen MR) is 130 cm³/mol. The molecule has 0 bridgehead atoms. The fourth-order valence-electron chi connectivity index (χ4n) is 3.76. The number of para-hydroxylation sites is 1. The maximum Gasteiger partial charge on any atom is 0.251 e. The summed E-state index contributed by atoms with van der Waals surface area (Å²) in [7, 11) is 0. The normalized spacial score (nSPS) is 12.9. The summed E-state index contributed by atoms with van der Waals surface area (Å²) in [5.74, 6) is 0.626. The fraction of sp³-hybridized carbons (Fsp3) is 0.364. The molecule has 0 fully saturated rings. The first-order valence-electron chi connectivity index (χ1n) is 10.6. The number of rotatable bonds is 9. The number of benzene rings is 1. The molecule has 3 aromatic rings. The Morgan fingerprint density at radius 1 is 1.27 bits per heavy atom. The summed E-state index contributed by atoms with van der Waals surface area (Å²) < 4.78 is 7.67. The van der Waals surface area contributed by atoms with Crippen molar-refractivity contribution in [3.8, 4) is 5.75 Å². The molecule has 3 N–H and O–H groups in total. The number of nitrogens with one attached hydrogen (secondary N) is 1. The van der Waals surface area contributed by atoms with Crippen molar-refractivity contribution in [1.29, 1.82) is 0 Å². The molecule has 0 aliphatic heterocycles. The molecule has 174 valence electrons. The summed E-state index contributed by atoms with van der Waals surface area (Å²) in [6, 6.07) is 7.23. The molecule has 8 nitrogen and oxygen atoms in total. The van der Waals surface area contributed by atoms with Crippen molar-refractivity contribution < 1.29 is 14.3 Å². The van der Waals surface area contributed by atoms with Gasteiger partial charge in [0, 0.05) is 11.4 Å². The number of nitrogens with two attached hydrogens (primary N) is 1. The first kappa shape index (κ1) is 23.6. The number of aromatic nitrogens is 3. The number of carbonyl (C=O) groups excluding carboxylic acids is 2. The van der Waals surface area contributed by atoms with Crippen LogP contribution in [0.3, 0.4) is 0 Å². The summed E-state index contributed by atoms with van der Waals surface area (Å²) in [6.07, 6.45) is 3.86. The van der Waals surface area contributed by atoms with Gasteiger partial charge in [0.25, 0.3) is 5.91 Å². The largest absolute Gasteiger partial charge is 0.484 e. The third-order valence-electron chi connectivity index (χ3n) is 5.31. The van der Waals surface area contributed by atoms with Gasteiger partial charge >= 0.3 is 0 Å². The summed E-state index contributed by atoms with van der Waals surface area (Å²) >= 11 is 8.87. The molecule has 0 saturated carbocycles. The number of aryl methyl sites for hydroxylation is 1. The van der Waals surface area contributed by atoms with E-state index in [-0.39, 0.29) is 18.3 Å². The Bertz CT molecular complexity index is 1180. The standard InChI is InChI=1S/C22H24ClN5O3S2/c1-2-28-17(11-31-15-9-5-4-8-14(15)23)26-27-22(28)32-12-18(29)25-21-19(20(24)30)13-7-3-6-10-16(13)33-21/h4-5,8-9H,2-3,6-7,10-12H2,1H3,(H2,24,30)(H,25,29). The van der Waals surface area contributed by atoms with Crippen molar-refractivity contribution in [2.24, 2.45) is 5.73 Å². The number of hydrogen-bond acceptors (Lipinski definition) is 7. The molecule has 0 radical (unpaired) electrons. The van der Waals surface area contributed by atoms with E-state index in [1.165, 1.54) is 23.1 Å². The number of amides is 2. The van der Waals surface area contributed by atoms with Crippen LogP contribution in [0.5, 0.6) is 5.75 Å². The van der Waals surface area contributed by atoms with Crippen molar-refractivity contribution in [3.63, 3.8) is 0 Å². The molecule has 2 aromatic heterocycles. The van der Waals surface area contributed by atoms with Gasteiger partial charge in [-0.2, -0.15) is 0 Å². The molecule has 0 atom stereocenters. The van der Waals surface area contributed by atoms with Gasteiger partial charge in [0.2, 0.25) is 5.91 Å². The number of ether oxygens (including phenoxy) is 1. The molecular formula is C22H24ClN5O3S2. The molecule has 33 heavy (non-hydrogen) atoms. The molecular weight excluding hydrogens is 482 g/mol. The lowest BCUT2D eigenvalue weighted by Crippen LogP contribution is -2.19. The van der Waals surface area contributed by atoms with Gasteiger partial charge in [-0.25, -0.2) is 0 Å². The summed E-state index contributed by atoms with van der Waals surface area (Å²) in [5.41, 5.74) is 7.07. The zero-order chi connectivity index (χ0) is 23.4. The Morgan fingerprint density at radius 2 is 2.06 bits per heavy atom. The first-order chi connectivity index (χ1) is 16.0. The number of thioether (sulfide) groups is 1. The Balaban J connectivity index is 1.39. The first-order valence-corrected chi connectivity index (χ1v) is 12.8. The molecule has 0 saturated heterocycles. The zero-order valence-electron chi connectivity index (χ0n) is 18.1. The fourth-order valence-corrected chi connectivity index (χ4v) is 6.08. The van der Waals surface area contributed by atoms with Gasteiger partial charge < -0.3 is 20.4 Å². The molecule has 4 rings (SSSR count). The Hall–Kier alpha value is -2.56. The molecule has 1 aliphatic carbocycles. The predicted octanol–water partition coefficient (Wildman–Crippen LogP) is 4.30. The molecule has 0 spiro atoms. The highest BCUT2D eigenvalue weighted by atomic mass is 35.5. The molecule has 1 aromatic carbocycles. The Labute approximate surface area is 204 Å².